The van der Waals surface area contributed by atoms with Crippen molar-refractivity contribution in [2.24, 2.45) is 0 Å². The number of β-amino-alcohol motifs (C(OH)–C–C–N with tert-alkyl or cyclic N) is 1. The summed E-state index contributed by atoms with van der Waals surface area (Å²) in [4.78, 5) is 23.8. The third-order valence-corrected chi connectivity index (χ3v) is 5.82. The highest BCUT2D eigenvalue weighted by atomic mass is 16.3. The predicted octanol–water partition coefficient (Wildman–Crippen LogP) is 3.03. The van der Waals surface area contributed by atoms with E-state index in [-0.39, 0.29) is 17.6 Å². The number of aliphatic hydroxyl groups excluding tert-OH is 1. The fraction of sp³-hybridized carbons (Fsp3) is 0.250. The van der Waals surface area contributed by atoms with E-state index in [2.05, 4.69) is 47.1 Å². The largest absolute Gasteiger partial charge is 0.391 e. The maximum absolute atomic E-state index is 13.0. The van der Waals surface area contributed by atoms with Crippen LogP contribution in [0.4, 0.5) is 5.69 Å². The fourth-order valence-electron chi connectivity index (χ4n) is 4.16. The van der Waals surface area contributed by atoms with Crippen LogP contribution in [0.15, 0.2) is 59.8 Å². The Morgan fingerprint density at radius 3 is 2.55 bits per heavy atom. The van der Waals surface area contributed by atoms with Crippen LogP contribution in [0.2, 0.25) is 0 Å². The van der Waals surface area contributed by atoms with Crippen molar-refractivity contribution in [2.75, 3.05) is 18.0 Å². The molecule has 3 heterocycles. The molecule has 7 nitrogen and oxygen atoms in total. The van der Waals surface area contributed by atoms with Crippen molar-refractivity contribution in [3.8, 4) is 17.1 Å². The SMILES string of the molecule is Cc1ccc(-c2ccc3c(=O)n(-c4ncc(N5CCC(O)C5)cn4)ncc3c2)c(C)c1. The van der Waals surface area contributed by atoms with Gasteiger partial charge in [-0.15, -0.1) is 0 Å². The molecule has 0 saturated carbocycles. The van der Waals surface area contributed by atoms with Gasteiger partial charge in [0.05, 0.1) is 35.8 Å². The number of aryl methyl sites for hydroxylation is 2. The van der Waals surface area contributed by atoms with E-state index >= 15 is 0 Å². The predicted molar refractivity (Wildman–Crippen MR) is 121 cm³/mol. The topological polar surface area (TPSA) is 84.1 Å². The Balaban J connectivity index is 1.49. The summed E-state index contributed by atoms with van der Waals surface area (Å²) in [6.07, 6.45) is 5.43. The number of benzene rings is 2. The van der Waals surface area contributed by atoms with E-state index in [1.165, 1.54) is 15.8 Å². The Morgan fingerprint density at radius 2 is 1.84 bits per heavy atom. The summed E-state index contributed by atoms with van der Waals surface area (Å²) < 4.78 is 1.22. The maximum atomic E-state index is 13.0. The molecule has 2 aromatic carbocycles. The van der Waals surface area contributed by atoms with Gasteiger partial charge in [-0.2, -0.15) is 9.78 Å². The Morgan fingerprint density at radius 1 is 1.03 bits per heavy atom. The van der Waals surface area contributed by atoms with Crippen molar-refractivity contribution in [2.45, 2.75) is 26.4 Å². The van der Waals surface area contributed by atoms with Gasteiger partial charge in [0.15, 0.2) is 0 Å². The molecule has 1 unspecified atom stereocenters. The zero-order valence-electron chi connectivity index (χ0n) is 17.5. The van der Waals surface area contributed by atoms with Crippen LogP contribution in [0.5, 0.6) is 0 Å². The van der Waals surface area contributed by atoms with Crippen LogP contribution >= 0.6 is 0 Å². The Labute approximate surface area is 179 Å². The molecule has 0 amide bonds. The smallest absolute Gasteiger partial charge is 0.282 e. The first-order chi connectivity index (χ1) is 15.0. The van der Waals surface area contributed by atoms with Gasteiger partial charge in [-0.3, -0.25) is 4.79 Å². The number of rotatable bonds is 3. The third kappa shape index (κ3) is 3.57. The van der Waals surface area contributed by atoms with Crippen molar-refractivity contribution in [3.05, 3.63) is 76.5 Å². The second-order valence-corrected chi connectivity index (χ2v) is 8.11. The zero-order chi connectivity index (χ0) is 21.5. The summed E-state index contributed by atoms with van der Waals surface area (Å²) in [6, 6.07) is 12.1. The second kappa shape index (κ2) is 7.59. The molecule has 2 aromatic heterocycles. The zero-order valence-corrected chi connectivity index (χ0v) is 17.5. The lowest BCUT2D eigenvalue weighted by atomic mass is 9.97. The molecule has 5 rings (SSSR count). The lowest BCUT2D eigenvalue weighted by Crippen LogP contribution is -2.24. The van der Waals surface area contributed by atoms with Gasteiger partial charge >= 0.3 is 0 Å². The number of hydrogen-bond donors (Lipinski definition) is 1. The van der Waals surface area contributed by atoms with Crippen LogP contribution < -0.4 is 10.5 Å². The minimum atomic E-state index is -0.321. The summed E-state index contributed by atoms with van der Waals surface area (Å²) in [6.45, 7) is 5.50. The van der Waals surface area contributed by atoms with Gasteiger partial charge in [-0.25, -0.2) is 9.97 Å². The molecule has 1 aliphatic rings. The molecule has 0 bridgehead atoms. The standard InChI is InChI=1S/C24H23N5O2/c1-15-3-5-21(16(2)9-15)17-4-6-22-18(10-17)11-27-29(23(22)31)24-25-12-19(13-26-24)28-8-7-20(30)14-28/h3-6,9-13,20,30H,7-8,14H2,1-2H3. The van der Waals surface area contributed by atoms with Gasteiger partial charge in [-0.1, -0.05) is 29.8 Å². The van der Waals surface area contributed by atoms with E-state index in [1.807, 2.05) is 23.1 Å². The van der Waals surface area contributed by atoms with Crippen LogP contribution in [0.1, 0.15) is 17.5 Å². The van der Waals surface area contributed by atoms with E-state index < -0.39 is 0 Å². The Hall–Kier alpha value is -3.58. The Bertz CT molecular complexity index is 1330. The number of aromatic nitrogens is 4. The molecule has 31 heavy (non-hydrogen) atoms. The average molecular weight is 413 g/mol. The van der Waals surface area contributed by atoms with Gasteiger partial charge < -0.3 is 10.0 Å². The van der Waals surface area contributed by atoms with Crippen LogP contribution in [-0.2, 0) is 0 Å². The van der Waals surface area contributed by atoms with E-state index in [0.717, 1.165) is 35.2 Å². The lowest BCUT2D eigenvalue weighted by Gasteiger charge is -2.16. The van der Waals surface area contributed by atoms with Crippen LogP contribution in [-0.4, -0.2) is 44.0 Å². The first-order valence-corrected chi connectivity index (χ1v) is 10.3. The average Bonchev–Trinajstić information content (AvgIpc) is 3.20. The van der Waals surface area contributed by atoms with E-state index in [9.17, 15) is 9.90 Å². The quantitative estimate of drug-likeness (QED) is 0.556. The highest BCUT2D eigenvalue weighted by molar-refractivity contribution is 5.86. The van der Waals surface area contributed by atoms with Gasteiger partial charge in [-0.05, 0) is 49.1 Å². The number of anilines is 1. The van der Waals surface area contributed by atoms with Crippen LogP contribution in [0.3, 0.4) is 0 Å². The number of fused-ring (bicyclic) bond motifs is 1. The molecule has 0 spiro atoms. The molecule has 1 N–H and O–H groups in total. The molecule has 4 aromatic rings. The summed E-state index contributed by atoms with van der Waals surface area (Å²) in [5.41, 5.74) is 5.18. The second-order valence-electron chi connectivity index (χ2n) is 8.11. The summed E-state index contributed by atoms with van der Waals surface area (Å²) in [5.74, 6) is 0.230. The molecule has 1 aliphatic heterocycles. The maximum Gasteiger partial charge on any atom is 0.282 e. The highest BCUT2D eigenvalue weighted by Crippen LogP contribution is 2.26. The summed E-state index contributed by atoms with van der Waals surface area (Å²) in [5, 5.41) is 15.4. The summed E-state index contributed by atoms with van der Waals surface area (Å²) in [7, 11) is 0. The van der Waals surface area contributed by atoms with Crippen molar-refractivity contribution in [1.82, 2.24) is 19.7 Å². The van der Waals surface area contributed by atoms with Crippen molar-refractivity contribution in [1.29, 1.82) is 0 Å². The Kier molecular flexibility index (Phi) is 4.75. The molecule has 156 valence electrons. The van der Waals surface area contributed by atoms with Gasteiger partial charge in [0.1, 0.15) is 0 Å². The van der Waals surface area contributed by atoms with Crippen molar-refractivity contribution in [3.63, 3.8) is 0 Å². The van der Waals surface area contributed by atoms with Gasteiger partial charge in [0.25, 0.3) is 11.5 Å². The van der Waals surface area contributed by atoms with E-state index in [4.69, 9.17) is 0 Å². The highest BCUT2D eigenvalue weighted by Gasteiger charge is 2.21. The van der Waals surface area contributed by atoms with E-state index in [1.54, 1.807) is 18.6 Å². The fourth-order valence-corrected chi connectivity index (χ4v) is 4.16. The van der Waals surface area contributed by atoms with Crippen LogP contribution in [0, 0.1) is 13.8 Å². The normalized spacial score (nSPS) is 16.2. The van der Waals surface area contributed by atoms with Crippen molar-refractivity contribution < 1.29 is 5.11 Å². The monoisotopic (exact) mass is 413 g/mol. The van der Waals surface area contributed by atoms with Crippen LogP contribution in [0.25, 0.3) is 27.8 Å². The number of aliphatic hydroxyl groups is 1. The minimum Gasteiger partial charge on any atom is -0.391 e. The molecular weight excluding hydrogens is 390 g/mol. The van der Waals surface area contributed by atoms with Gasteiger partial charge in [0.2, 0.25) is 0 Å². The van der Waals surface area contributed by atoms with Gasteiger partial charge in [0, 0.05) is 18.5 Å². The van der Waals surface area contributed by atoms with E-state index in [0.29, 0.717) is 11.9 Å². The molecule has 1 fully saturated rings. The molecule has 0 aliphatic carbocycles. The number of hydrogen-bond acceptors (Lipinski definition) is 6. The third-order valence-electron chi connectivity index (χ3n) is 5.82. The first-order valence-electron chi connectivity index (χ1n) is 10.3. The minimum absolute atomic E-state index is 0.230. The molecule has 7 heteroatoms. The lowest BCUT2D eigenvalue weighted by molar-refractivity contribution is 0.198. The molecule has 1 atom stereocenters. The van der Waals surface area contributed by atoms with Crippen molar-refractivity contribution >= 4 is 16.5 Å². The molecule has 1 saturated heterocycles. The summed E-state index contributed by atoms with van der Waals surface area (Å²) >= 11 is 0. The number of nitrogens with zero attached hydrogens (tertiary/aromatic N) is 5. The first kappa shape index (κ1) is 19.4. The molecule has 0 radical (unpaired) electrons. The molecular formula is C24H23N5O2.